The molecule has 1 saturated heterocycles. The van der Waals surface area contributed by atoms with E-state index in [1.807, 2.05) is 23.8 Å². The van der Waals surface area contributed by atoms with E-state index in [-0.39, 0.29) is 18.6 Å². The Morgan fingerprint density at radius 3 is 3.11 bits per heavy atom. The summed E-state index contributed by atoms with van der Waals surface area (Å²) in [6.45, 7) is 4.11. The van der Waals surface area contributed by atoms with E-state index in [9.17, 15) is 9.90 Å². The van der Waals surface area contributed by atoms with Crippen molar-refractivity contribution < 1.29 is 14.6 Å². The average molecular weight is 317 g/mol. The van der Waals surface area contributed by atoms with Crippen LogP contribution in [0, 0.1) is 0 Å². The molecule has 0 bridgehead atoms. The minimum Gasteiger partial charge on any atom is -0.394 e. The number of carbonyl (C=O) groups excluding carboxylic acids is 1. The van der Waals surface area contributed by atoms with Crippen LogP contribution < -0.4 is 0 Å². The fourth-order valence-corrected chi connectivity index (χ4v) is 2.60. The first kappa shape index (κ1) is 13.6. The van der Waals surface area contributed by atoms with Gasteiger partial charge in [-0.25, -0.2) is 0 Å². The zero-order chi connectivity index (χ0) is 13.1. The standard InChI is InChI=1S/C12H17BrN2O3/c1-2-14-6-9(13)5-11(14)12(17)15-3-4-18-8-10(15)7-16/h5-6,10,16H,2-4,7-8H2,1H3. The number of aromatic nitrogens is 1. The van der Waals surface area contributed by atoms with Gasteiger partial charge in [-0.1, -0.05) is 0 Å². The number of carbonyl (C=O) groups is 1. The lowest BCUT2D eigenvalue weighted by atomic mass is 10.2. The summed E-state index contributed by atoms with van der Waals surface area (Å²) in [7, 11) is 0. The monoisotopic (exact) mass is 316 g/mol. The quantitative estimate of drug-likeness (QED) is 0.908. The summed E-state index contributed by atoms with van der Waals surface area (Å²) in [5.74, 6) is -0.0510. The summed E-state index contributed by atoms with van der Waals surface area (Å²) < 4.78 is 8.07. The molecule has 1 aliphatic rings. The van der Waals surface area contributed by atoms with Crippen molar-refractivity contribution in [1.82, 2.24) is 9.47 Å². The number of morpholine rings is 1. The lowest BCUT2D eigenvalue weighted by Crippen LogP contribution is -2.50. The highest BCUT2D eigenvalue weighted by atomic mass is 79.9. The van der Waals surface area contributed by atoms with Crippen molar-refractivity contribution >= 4 is 21.8 Å². The number of aryl methyl sites for hydroxylation is 1. The summed E-state index contributed by atoms with van der Waals surface area (Å²) in [5, 5.41) is 9.30. The number of hydrogen-bond donors (Lipinski definition) is 1. The van der Waals surface area contributed by atoms with Crippen LogP contribution in [0.1, 0.15) is 17.4 Å². The second kappa shape index (κ2) is 5.86. The predicted octanol–water partition coefficient (Wildman–Crippen LogP) is 1.10. The molecule has 1 atom stereocenters. The van der Waals surface area contributed by atoms with Crippen molar-refractivity contribution in [2.75, 3.05) is 26.4 Å². The molecule has 18 heavy (non-hydrogen) atoms. The molecule has 2 rings (SSSR count). The Morgan fingerprint density at radius 2 is 2.44 bits per heavy atom. The molecular formula is C12H17BrN2O3. The van der Waals surface area contributed by atoms with Gasteiger partial charge < -0.3 is 19.3 Å². The van der Waals surface area contributed by atoms with Gasteiger partial charge in [-0.3, -0.25) is 4.79 Å². The van der Waals surface area contributed by atoms with Crippen molar-refractivity contribution in [3.05, 3.63) is 22.4 Å². The van der Waals surface area contributed by atoms with Gasteiger partial charge in [-0.2, -0.15) is 0 Å². The van der Waals surface area contributed by atoms with Gasteiger partial charge in [-0.15, -0.1) is 0 Å². The number of aliphatic hydroxyl groups is 1. The Balaban J connectivity index is 2.23. The molecule has 0 saturated carbocycles. The number of amides is 1. The van der Waals surface area contributed by atoms with E-state index in [0.29, 0.717) is 25.5 Å². The van der Waals surface area contributed by atoms with Gasteiger partial charge in [0.15, 0.2) is 0 Å². The average Bonchev–Trinajstić information content (AvgIpc) is 2.79. The van der Waals surface area contributed by atoms with Crippen LogP contribution in [0.2, 0.25) is 0 Å². The van der Waals surface area contributed by atoms with Crippen LogP contribution in [0.15, 0.2) is 16.7 Å². The maximum atomic E-state index is 12.5. The third kappa shape index (κ3) is 2.60. The van der Waals surface area contributed by atoms with E-state index in [0.717, 1.165) is 11.0 Å². The van der Waals surface area contributed by atoms with Crippen molar-refractivity contribution in [3.8, 4) is 0 Å². The van der Waals surface area contributed by atoms with Gasteiger partial charge in [-0.05, 0) is 28.9 Å². The summed E-state index contributed by atoms with van der Waals surface area (Å²) >= 11 is 3.38. The third-order valence-electron chi connectivity index (χ3n) is 3.12. The minimum atomic E-state index is -0.245. The molecule has 1 aromatic heterocycles. The van der Waals surface area contributed by atoms with Crippen LogP contribution >= 0.6 is 15.9 Å². The zero-order valence-corrected chi connectivity index (χ0v) is 11.9. The Kier molecular flexibility index (Phi) is 4.42. The molecule has 1 fully saturated rings. The Hall–Kier alpha value is -0.850. The highest BCUT2D eigenvalue weighted by Gasteiger charge is 2.29. The van der Waals surface area contributed by atoms with E-state index in [4.69, 9.17) is 4.74 Å². The van der Waals surface area contributed by atoms with Crippen LogP contribution in [-0.4, -0.2) is 52.9 Å². The maximum Gasteiger partial charge on any atom is 0.271 e. The lowest BCUT2D eigenvalue weighted by molar-refractivity contribution is -0.0188. The fourth-order valence-electron chi connectivity index (χ4n) is 2.14. The summed E-state index contributed by atoms with van der Waals surface area (Å²) in [6, 6.07) is 1.57. The van der Waals surface area contributed by atoms with Crippen LogP contribution in [0.3, 0.4) is 0 Å². The highest BCUT2D eigenvalue weighted by molar-refractivity contribution is 9.10. The van der Waals surface area contributed by atoms with Crippen molar-refractivity contribution in [2.45, 2.75) is 19.5 Å². The maximum absolute atomic E-state index is 12.5. The van der Waals surface area contributed by atoms with Gasteiger partial charge in [0, 0.05) is 23.8 Å². The number of aliphatic hydroxyl groups excluding tert-OH is 1. The topological polar surface area (TPSA) is 54.7 Å². The molecule has 2 heterocycles. The second-order valence-corrected chi connectivity index (χ2v) is 5.16. The molecule has 5 nitrogen and oxygen atoms in total. The molecule has 1 aromatic rings. The van der Waals surface area contributed by atoms with E-state index < -0.39 is 0 Å². The predicted molar refractivity (Wildman–Crippen MR) is 70.5 cm³/mol. The fraction of sp³-hybridized carbons (Fsp3) is 0.583. The van der Waals surface area contributed by atoms with Gasteiger partial charge >= 0.3 is 0 Å². The highest BCUT2D eigenvalue weighted by Crippen LogP contribution is 2.19. The van der Waals surface area contributed by atoms with Gasteiger partial charge in [0.05, 0.1) is 25.9 Å². The number of halogens is 1. The zero-order valence-electron chi connectivity index (χ0n) is 10.3. The molecule has 1 N–H and O–H groups in total. The normalized spacial score (nSPS) is 20.2. The molecule has 0 aliphatic carbocycles. The van der Waals surface area contributed by atoms with Crippen molar-refractivity contribution in [1.29, 1.82) is 0 Å². The Morgan fingerprint density at radius 1 is 1.67 bits per heavy atom. The number of nitrogens with zero attached hydrogens (tertiary/aromatic N) is 2. The van der Waals surface area contributed by atoms with Crippen LogP contribution in [0.25, 0.3) is 0 Å². The van der Waals surface area contributed by atoms with Crippen molar-refractivity contribution in [2.24, 2.45) is 0 Å². The largest absolute Gasteiger partial charge is 0.394 e. The van der Waals surface area contributed by atoms with Gasteiger partial charge in [0.2, 0.25) is 0 Å². The first-order valence-electron chi connectivity index (χ1n) is 6.02. The number of ether oxygens (including phenoxy) is 1. The molecule has 0 radical (unpaired) electrons. The third-order valence-corrected chi connectivity index (χ3v) is 3.56. The molecule has 0 spiro atoms. The second-order valence-electron chi connectivity index (χ2n) is 4.24. The van der Waals surface area contributed by atoms with Crippen LogP contribution in [0.5, 0.6) is 0 Å². The van der Waals surface area contributed by atoms with Crippen LogP contribution in [-0.2, 0) is 11.3 Å². The molecule has 100 valence electrons. The summed E-state index contributed by atoms with van der Waals surface area (Å²) in [5.41, 5.74) is 0.643. The van der Waals surface area contributed by atoms with Crippen LogP contribution in [0.4, 0.5) is 0 Å². The van der Waals surface area contributed by atoms with E-state index >= 15 is 0 Å². The molecule has 1 aliphatic heterocycles. The molecule has 0 aromatic carbocycles. The summed E-state index contributed by atoms with van der Waals surface area (Å²) in [4.78, 5) is 14.2. The molecule has 6 heteroatoms. The molecule has 1 unspecified atom stereocenters. The van der Waals surface area contributed by atoms with E-state index in [2.05, 4.69) is 15.9 Å². The number of hydrogen-bond acceptors (Lipinski definition) is 3. The smallest absolute Gasteiger partial charge is 0.271 e. The Bertz CT molecular complexity index is 433. The van der Waals surface area contributed by atoms with Gasteiger partial charge in [0.25, 0.3) is 5.91 Å². The molecule has 1 amide bonds. The van der Waals surface area contributed by atoms with Gasteiger partial charge in [0.1, 0.15) is 5.69 Å². The Labute approximate surface area is 114 Å². The lowest BCUT2D eigenvalue weighted by Gasteiger charge is -2.34. The number of rotatable bonds is 3. The van der Waals surface area contributed by atoms with E-state index in [1.54, 1.807) is 4.90 Å². The van der Waals surface area contributed by atoms with Crippen molar-refractivity contribution in [3.63, 3.8) is 0 Å². The first-order chi connectivity index (χ1) is 8.67. The minimum absolute atomic E-state index is 0.0510. The molecular weight excluding hydrogens is 300 g/mol. The SMILES string of the molecule is CCn1cc(Br)cc1C(=O)N1CCOCC1CO. The first-order valence-corrected chi connectivity index (χ1v) is 6.82. The summed E-state index contributed by atoms with van der Waals surface area (Å²) in [6.07, 6.45) is 1.89. The van der Waals surface area contributed by atoms with E-state index in [1.165, 1.54) is 0 Å².